The lowest BCUT2D eigenvalue weighted by Gasteiger charge is -2.28. The summed E-state index contributed by atoms with van der Waals surface area (Å²) >= 11 is 0. The molecule has 2 N–H and O–H groups in total. The van der Waals surface area contributed by atoms with E-state index in [4.69, 9.17) is 9.84 Å². The maximum absolute atomic E-state index is 15.0. The van der Waals surface area contributed by atoms with Crippen LogP contribution in [-0.4, -0.2) is 90.1 Å². The molecule has 1 unspecified atom stereocenters. The molecule has 1 fully saturated rings. The summed E-state index contributed by atoms with van der Waals surface area (Å²) < 4.78 is 24.9. The number of nitrogens with zero attached hydrogens (tertiary/aromatic N) is 5. The molecule has 2 aliphatic rings. The van der Waals surface area contributed by atoms with Gasteiger partial charge in [-0.25, -0.2) is 19.2 Å². The Morgan fingerprint density at radius 2 is 2.08 bits per heavy atom. The lowest BCUT2D eigenvalue weighted by molar-refractivity contribution is -0.142. The van der Waals surface area contributed by atoms with Crippen LogP contribution in [0.3, 0.4) is 0 Å². The topological polar surface area (TPSA) is 145 Å². The van der Waals surface area contributed by atoms with Gasteiger partial charge in [0.25, 0.3) is 5.91 Å². The highest BCUT2D eigenvalue weighted by atomic mass is 19.1. The Labute approximate surface area is 211 Å². The molecule has 2 aromatic rings. The molecule has 12 nitrogen and oxygen atoms in total. The Morgan fingerprint density at radius 1 is 1.27 bits per heavy atom. The highest BCUT2D eigenvalue weighted by Gasteiger charge is 2.33. The van der Waals surface area contributed by atoms with E-state index in [2.05, 4.69) is 14.8 Å². The number of carbonyl (C=O) groups is 3. The van der Waals surface area contributed by atoms with Crippen LogP contribution in [0, 0.1) is 5.82 Å². The number of hydrogen-bond donors (Lipinski definition) is 2. The fourth-order valence-corrected chi connectivity index (χ4v) is 3.92. The fraction of sp³-hybridized carbons (Fsp3) is 0.375. The molecule has 2 aliphatic heterocycles. The number of halogens is 1. The van der Waals surface area contributed by atoms with E-state index in [0.717, 1.165) is 5.01 Å². The van der Waals surface area contributed by atoms with Gasteiger partial charge in [0.1, 0.15) is 24.1 Å². The van der Waals surface area contributed by atoms with Crippen molar-refractivity contribution in [1.82, 2.24) is 9.99 Å². The second kappa shape index (κ2) is 11.3. The minimum absolute atomic E-state index is 0.116. The third-order valence-electron chi connectivity index (χ3n) is 5.99. The maximum Gasteiger partial charge on any atom is 0.414 e. The van der Waals surface area contributed by atoms with Crippen molar-refractivity contribution in [2.75, 3.05) is 43.2 Å². The molecular formula is C24H26FN5O7. The van der Waals surface area contributed by atoms with Crippen molar-refractivity contribution in [3.8, 4) is 11.1 Å². The van der Waals surface area contributed by atoms with E-state index in [1.54, 1.807) is 29.2 Å². The molecule has 2 amide bonds. The van der Waals surface area contributed by atoms with Crippen LogP contribution >= 0.6 is 0 Å². The predicted octanol–water partition coefficient (Wildman–Crippen LogP) is 1.11. The van der Waals surface area contributed by atoms with Gasteiger partial charge in [-0.3, -0.25) is 14.5 Å². The first-order chi connectivity index (χ1) is 17.8. The highest BCUT2D eigenvalue weighted by Crippen LogP contribution is 2.30. The normalized spacial score (nSPS) is 18.1. The highest BCUT2D eigenvalue weighted by molar-refractivity contribution is 5.90. The van der Waals surface area contributed by atoms with Gasteiger partial charge in [0.05, 0.1) is 32.5 Å². The van der Waals surface area contributed by atoms with Crippen LogP contribution in [0.4, 0.5) is 20.7 Å². The van der Waals surface area contributed by atoms with E-state index in [-0.39, 0.29) is 19.5 Å². The summed E-state index contributed by atoms with van der Waals surface area (Å²) in [6.07, 6.45) is 0.694. The summed E-state index contributed by atoms with van der Waals surface area (Å²) in [5.41, 5.74) is 1.15. The Bertz CT molecular complexity index is 1190. The van der Waals surface area contributed by atoms with Crippen LogP contribution < -0.4 is 9.80 Å². The van der Waals surface area contributed by atoms with Crippen molar-refractivity contribution in [2.24, 2.45) is 5.10 Å². The summed E-state index contributed by atoms with van der Waals surface area (Å²) in [6.45, 7) is 0.0583. The van der Waals surface area contributed by atoms with E-state index >= 15 is 4.39 Å². The van der Waals surface area contributed by atoms with Gasteiger partial charge in [-0.05, 0) is 36.8 Å². The molecule has 0 spiro atoms. The first kappa shape index (κ1) is 26.0. The van der Waals surface area contributed by atoms with Crippen molar-refractivity contribution >= 4 is 35.8 Å². The van der Waals surface area contributed by atoms with Crippen LogP contribution in [0.1, 0.15) is 12.8 Å². The molecule has 0 saturated carbocycles. The van der Waals surface area contributed by atoms with Gasteiger partial charge in [0.2, 0.25) is 0 Å². The predicted molar refractivity (Wildman–Crippen MR) is 129 cm³/mol. The molecule has 4 rings (SSSR count). The van der Waals surface area contributed by atoms with Gasteiger partial charge in [-0.1, -0.05) is 0 Å². The molecule has 0 bridgehead atoms. The van der Waals surface area contributed by atoms with Crippen LogP contribution in [0.5, 0.6) is 0 Å². The number of benzene rings is 1. The number of cyclic esters (lactones) is 1. The standard InChI is InChI=1S/C24H26FN5O7/c1-36-22(33)7-4-17-12-29(24(35)37-17)16-3-5-18(19(25)10-16)15-2-6-21(26-11-15)28-8-9-30(27-14-28)23(34)20(32)13-31/h2-3,5-6,10-11,14,17,20,31-32H,4,7-9,12-13H2,1H3/t17-,20?/m0/s1. The number of anilines is 2. The lowest BCUT2D eigenvalue weighted by atomic mass is 10.1. The van der Waals surface area contributed by atoms with Crippen molar-refractivity contribution in [3.63, 3.8) is 0 Å². The van der Waals surface area contributed by atoms with Crippen molar-refractivity contribution in [3.05, 3.63) is 42.3 Å². The number of rotatable bonds is 8. The number of aliphatic hydroxyl groups is 2. The monoisotopic (exact) mass is 515 g/mol. The van der Waals surface area contributed by atoms with Gasteiger partial charge in [0, 0.05) is 30.3 Å². The minimum atomic E-state index is -1.52. The van der Waals surface area contributed by atoms with Crippen LogP contribution in [0.15, 0.2) is 41.6 Å². The summed E-state index contributed by atoms with van der Waals surface area (Å²) in [5.74, 6) is -1.11. The first-order valence-electron chi connectivity index (χ1n) is 11.5. The average Bonchev–Trinajstić information content (AvgIpc) is 3.31. The zero-order chi connectivity index (χ0) is 26.5. The molecule has 13 heteroatoms. The summed E-state index contributed by atoms with van der Waals surface area (Å²) in [7, 11) is 1.29. The van der Waals surface area contributed by atoms with Gasteiger partial charge in [-0.2, -0.15) is 5.10 Å². The van der Waals surface area contributed by atoms with Crippen molar-refractivity contribution in [1.29, 1.82) is 0 Å². The van der Waals surface area contributed by atoms with Gasteiger partial charge >= 0.3 is 12.1 Å². The third kappa shape index (κ3) is 5.84. The zero-order valence-corrected chi connectivity index (χ0v) is 20.0. The molecule has 196 valence electrons. The lowest BCUT2D eigenvalue weighted by Crippen LogP contribution is -2.45. The quantitative estimate of drug-likeness (QED) is 0.494. The molecule has 3 heterocycles. The molecular weight excluding hydrogens is 489 g/mol. The third-order valence-corrected chi connectivity index (χ3v) is 5.99. The number of ether oxygens (including phenoxy) is 2. The van der Waals surface area contributed by atoms with E-state index in [0.29, 0.717) is 35.6 Å². The van der Waals surface area contributed by atoms with Crippen LogP contribution in [-0.2, 0) is 19.1 Å². The first-order valence-corrected chi connectivity index (χ1v) is 11.5. The number of hydrazone groups is 1. The largest absolute Gasteiger partial charge is 0.469 e. The molecule has 1 saturated heterocycles. The number of aliphatic hydroxyl groups excluding tert-OH is 2. The van der Waals surface area contributed by atoms with Gasteiger partial charge in [-0.15, -0.1) is 0 Å². The summed E-state index contributed by atoms with van der Waals surface area (Å²) in [5, 5.41) is 23.4. The Balaban J connectivity index is 1.41. The van der Waals surface area contributed by atoms with Gasteiger partial charge in [0.15, 0.2) is 6.10 Å². The Morgan fingerprint density at radius 3 is 2.70 bits per heavy atom. The molecule has 2 atom stereocenters. The minimum Gasteiger partial charge on any atom is -0.469 e. The number of hydrogen-bond acceptors (Lipinski definition) is 10. The van der Waals surface area contributed by atoms with E-state index in [1.807, 2.05) is 0 Å². The SMILES string of the molecule is COC(=O)CC[C@H]1CN(c2ccc(-c3ccc(N4C=NN(C(=O)C(O)CO)CC4)nc3)c(F)c2)C(=O)O1. The number of aromatic nitrogens is 1. The fourth-order valence-electron chi connectivity index (χ4n) is 3.92. The number of methoxy groups -OCH3 is 1. The number of pyridine rings is 1. The molecule has 37 heavy (non-hydrogen) atoms. The Hall–Kier alpha value is -4.10. The Kier molecular flexibility index (Phi) is 7.94. The molecule has 1 aromatic carbocycles. The molecule has 0 radical (unpaired) electrons. The number of carbonyl (C=O) groups excluding carboxylic acids is 3. The van der Waals surface area contributed by atoms with E-state index < -0.39 is 42.6 Å². The second-order valence-electron chi connectivity index (χ2n) is 8.38. The summed E-state index contributed by atoms with van der Waals surface area (Å²) in [6, 6.07) is 7.78. The summed E-state index contributed by atoms with van der Waals surface area (Å²) in [4.78, 5) is 42.8. The average molecular weight is 515 g/mol. The smallest absolute Gasteiger partial charge is 0.414 e. The molecule has 1 aromatic heterocycles. The van der Waals surface area contributed by atoms with Gasteiger partial charge < -0.3 is 24.6 Å². The van der Waals surface area contributed by atoms with E-state index in [9.17, 15) is 19.5 Å². The van der Waals surface area contributed by atoms with Crippen molar-refractivity contribution < 1.29 is 38.5 Å². The number of esters is 1. The zero-order valence-electron chi connectivity index (χ0n) is 20.0. The van der Waals surface area contributed by atoms with Crippen molar-refractivity contribution in [2.45, 2.75) is 25.0 Å². The van der Waals surface area contributed by atoms with Crippen LogP contribution in [0.2, 0.25) is 0 Å². The molecule has 0 aliphatic carbocycles. The van der Waals surface area contributed by atoms with Crippen LogP contribution in [0.25, 0.3) is 11.1 Å². The maximum atomic E-state index is 15.0. The second-order valence-corrected chi connectivity index (χ2v) is 8.38. The number of amides is 2. The van der Waals surface area contributed by atoms with E-state index in [1.165, 1.54) is 30.6 Å².